The molecule has 2 aliphatic heterocycles. The molecule has 16 nitrogen and oxygen atoms in total. The molecule has 0 unspecified atom stereocenters. The van der Waals surface area contributed by atoms with Gasteiger partial charge in [0.1, 0.15) is 24.4 Å². The van der Waals surface area contributed by atoms with Crippen LogP contribution in [0.5, 0.6) is 0 Å². The maximum Gasteiger partial charge on any atom is 0.306 e. The van der Waals surface area contributed by atoms with E-state index in [1.54, 1.807) is 0 Å². The van der Waals surface area contributed by atoms with Gasteiger partial charge in [0.05, 0.1) is 31.3 Å². The Morgan fingerprint density at radius 2 is 1.62 bits per heavy atom. The summed E-state index contributed by atoms with van der Waals surface area (Å²) in [5.41, 5.74) is -0.112. The van der Waals surface area contributed by atoms with Crippen LogP contribution in [0.1, 0.15) is 86.0 Å². The van der Waals surface area contributed by atoms with Crippen LogP contribution in [0.4, 0.5) is 0 Å². The summed E-state index contributed by atoms with van der Waals surface area (Å²) in [6, 6.07) is 0. The number of aliphatic hydroxyl groups is 4. The Bertz CT molecular complexity index is 1470. The maximum atomic E-state index is 13.3. The molecule has 0 radical (unpaired) electrons. The smallest absolute Gasteiger partial charge is 0.306 e. The SMILES string of the molecule is C=C1[C@@H]2CC[C@H]3[C@]4(C)C[C@H](O[C@@H]5O[C@H](CO)[C@@H](O)[C@H](O[C@@H]6OC[C@H](OC(C)=O)[C@H](O)[C@H]6OC(C)=O)[C@H]5OC(=O)CC(C)C)C[C@@H](C(=O)O)[C@H]4CC[C@]3(C2)[C@H]1O. The molecule has 6 aliphatic rings. The molecular weight excluding hydrogens is 724 g/mol. The minimum Gasteiger partial charge on any atom is -0.481 e. The van der Waals surface area contributed by atoms with E-state index in [2.05, 4.69) is 13.5 Å². The zero-order chi connectivity index (χ0) is 40.1. The van der Waals surface area contributed by atoms with Gasteiger partial charge in [-0.1, -0.05) is 27.4 Å². The van der Waals surface area contributed by atoms with Crippen LogP contribution in [-0.4, -0.2) is 130 Å². The molecule has 2 heterocycles. The Balaban J connectivity index is 1.31. The third-order valence-corrected chi connectivity index (χ3v) is 13.4. The van der Waals surface area contributed by atoms with E-state index in [0.29, 0.717) is 19.3 Å². The van der Waals surface area contributed by atoms with Crippen molar-refractivity contribution in [2.75, 3.05) is 13.2 Å². The van der Waals surface area contributed by atoms with Gasteiger partial charge in [-0.05, 0) is 79.6 Å². The summed E-state index contributed by atoms with van der Waals surface area (Å²) in [6.45, 7) is 11.1. The van der Waals surface area contributed by atoms with Crippen LogP contribution < -0.4 is 0 Å². The quantitative estimate of drug-likeness (QED) is 0.0867. The second-order valence-corrected chi connectivity index (χ2v) is 17.3. The number of aliphatic hydroxyl groups excluding tert-OH is 4. The van der Waals surface area contributed by atoms with Gasteiger partial charge >= 0.3 is 23.9 Å². The van der Waals surface area contributed by atoms with Crippen molar-refractivity contribution in [1.82, 2.24) is 0 Å². The Hall–Kier alpha value is -2.70. The van der Waals surface area contributed by atoms with E-state index in [1.165, 1.54) is 0 Å². The monoisotopic (exact) mass is 782 g/mol. The van der Waals surface area contributed by atoms with Crippen molar-refractivity contribution in [1.29, 1.82) is 0 Å². The van der Waals surface area contributed by atoms with Crippen molar-refractivity contribution in [3.8, 4) is 0 Å². The van der Waals surface area contributed by atoms with Gasteiger partial charge in [0.2, 0.25) is 0 Å². The number of esters is 3. The summed E-state index contributed by atoms with van der Waals surface area (Å²) in [6.07, 6.45) is -10.7. The lowest BCUT2D eigenvalue weighted by molar-refractivity contribution is -0.358. The summed E-state index contributed by atoms with van der Waals surface area (Å²) < 4.78 is 41.2. The number of hydrogen-bond donors (Lipinski definition) is 5. The van der Waals surface area contributed by atoms with Gasteiger partial charge in [-0.2, -0.15) is 0 Å². The lowest BCUT2D eigenvalue weighted by Gasteiger charge is -2.62. The number of carbonyl (C=O) groups excluding carboxylic acids is 3. The van der Waals surface area contributed by atoms with Crippen LogP contribution in [0.15, 0.2) is 12.2 Å². The highest BCUT2D eigenvalue weighted by molar-refractivity contribution is 5.71. The highest BCUT2D eigenvalue weighted by Crippen LogP contribution is 2.70. The first-order chi connectivity index (χ1) is 25.9. The minimum atomic E-state index is -1.67. The highest BCUT2D eigenvalue weighted by atomic mass is 16.8. The Kier molecular flexibility index (Phi) is 12.4. The summed E-state index contributed by atoms with van der Waals surface area (Å²) >= 11 is 0. The second-order valence-electron chi connectivity index (χ2n) is 17.3. The van der Waals surface area contributed by atoms with Crippen molar-refractivity contribution in [2.24, 2.45) is 40.4 Å². The molecule has 0 aromatic carbocycles. The van der Waals surface area contributed by atoms with Crippen LogP contribution in [0.25, 0.3) is 0 Å². The van der Waals surface area contributed by atoms with E-state index >= 15 is 0 Å². The molecule has 0 amide bonds. The number of rotatable bonds is 11. The summed E-state index contributed by atoms with van der Waals surface area (Å²) in [7, 11) is 0. The molecule has 2 saturated heterocycles. The molecule has 2 bridgehead atoms. The lowest BCUT2D eigenvalue weighted by Crippen LogP contribution is -2.65. The standard InChI is InChI=1S/C39H58O16/c1-17(2)11-28(43)54-33-31(55-36-32(51-20(5)42)30(45)26(16-49-36)50-19(4)41)29(44)25(15-40)53-37(33)52-22-12-23(35(47)48)24-9-10-39-13-21(18(3)34(39)46)7-8-27(39)38(24,6)14-22/h17,21-27,29-34,36-37,40,44-46H,3,7-16H2,1-2,4-6H3,(H,47,48)/t21-,22-,23-,24-,25-,26+,27+,29-,30+,31+,32-,33-,34+,36+,37-,38-,39-/m1/s1. The molecule has 0 aromatic heterocycles. The van der Waals surface area contributed by atoms with Crippen LogP contribution in [0, 0.1) is 40.4 Å². The van der Waals surface area contributed by atoms with E-state index < -0.39 is 115 Å². The largest absolute Gasteiger partial charge is 0.481 e. The summed E-state index contributed by atoms with van der Waals surface area (Å²) in [5, 5.41) is 55.2. The first kappa shape index (κ1) is 41.9. The molecule has 6 fully saturated rings. The number of carboxylic acid groups (broad SMARTS) is 1. The number of ether oxygens (including phenoxy) is 7. The van der Waals surface area contributed by atoms with E-state index in [4.69, 9.17) is 33.2 Å². The third kappa shape index (κ3) is 7.94. The lowest BCUT2D eigenvalue weighted by atomic mass is 9.43. The summed E-state index contributed by atoms with van der Waals surface area (Å²) in [5.74, 6) is -4.06. The van der Waals surface area contributed by atoms with Gasteiger partial charge in [-0.25, -0.2) is 0 Å². The van der Waals surface area contributed by atoms with Crippen LogP contribution in [0.2, 0.25) is 0 Å². The van der Waals surface area contributed by atoms with Crippen molar-refractivity contribution < 1.29 is 77.9 Å². The van der Waals surface area contributed by atoms with E-state index in [0.717, 1.165) is 38.7 Å². The zero-order valence-corrected chi connectivity index (χ0v) is 32.2. The first-order valence-corrected chi connectivity index (χ1v) is 19.6. The fraction of sp³-hybridized carbons (Fsp3) is 0.846. The highest BCUT2D eigenvalue weighted by Gasteiger charge is 2.67. The average Bonchev–Trinajstić information content (AvgIpc) is 3.27. The van der Waals surface area contributed by atoms with Crippen LogP contribution >= 0.6 is 0 Å². The fourth-order valence-electron chi connectivity index (χ4n) is 11.1. The molecule has 5 N–H and O–H groups in total. The molecule has 4 saturated carbocycles. The van der Waals surface area contributed by atoms with Gasteiger partial charge in [-0.3, -0.25) is 19.2 Å². The van der Waals surface area contributed by atoms with Gasteiger partial charge < -0.3 is 58.7 Å². The Morgan fingerprint density at radius 3 is 2.25 bits per heavy atom. The van der Waals surface area contributed by atoms with Gasteiger partial charge in [0, 0.05) is 25.7 Å². The van der Waals surface area contributed by atoms with Gasteiger partial charge in [-0.15, -0.1) is 0 Å². The number of aliphatic carboxylic acids is 1. The van der Waals surface area contributed by atoms with E-state index in [1.807, 2.05) is 13.8 Å². The molecule has 4 aliphatic carbocycles. The van der Waals surface area contributed by atoms with Crippen molar-refractivity contribution in [3.63, 3.8) is 0 Å². The number of carboxylic acids is 1. The van der Waals surface area contributed by atoms with Crippen molar-refractivity contribution in [3.05, 3.63) is 12.2 Å². The molecular formula is C39H58O16. The van der Waals surface area contributed by atoms with Gasteiger partial charge in [0.15, 0.2) is 30.9 Å². The molecule has 16 heteroatoms. The van der Waals surface area contributed by atoms with E-state index in [9.17, 15) is 44.7 Å². The zero-order valence-electron chi connectivity index (χ0n) is 32.2. The Labute approximate surface area is 320 Å². The van der Waals surface area contributed by atoms with Crippen molar-refractivity contribution in [2.45, 2.75) is 154 Å². The predicted octanol–water partition coefficient (Wildman–Crippen LogP) is 1.62. The predicted molar refractivity (Wildman–Crippen MR) is 187 cm³/mol. The third-order valence-electron chi connectivity index (χ3n) is 13.4. The minimum absolute atomic E-state index is 0.00331. The molecule has 1 spiro atoms. The Morgan fingerprint density at radius 1 is 0.909 bits per heavy atom. The number of hydrogen-bond acceptors (Lipinski definition) is 15. The second kappa shape index (κ2) is 16.3. The first-order valence-electron chi connectivity index (χ1n) is 19.6. The molecule has 55 heavy (non-hydrogen) atoms. The van der Waals surface area contributed by atoms with Gasteiger partial charge in [0.25, 0.3) is 0 Å². The van der Waals surface area contributed by atoms with E-state index in [-0.39, 0.29) is 43.1 Å². The summed E-state index contributed by atoms with van der Waals surface area (Å²) in [4.78, 5) is 50.1. The van der Waals surface area contributed by atoms with Crippen LogP contribution in [0.3, 0.4) is 0 Å². The molecule has 6 rings (SSSR count). The number of carbonyl (C=O) groups is 4. The average molecular weight is 783 g/mol. The maximum absolute atomic E-state index is 13.3. The molecule has 310 valence electrons. The molecule has 17 atom stereocenters. The topological polar surface area (TPSA) is 234 Å². The fourth-order valence-corrected chi connectivity index (χ4v) is 11.1. The normalized spacial score (nSPS) is 45.3. The van der Waals surface area contributed by atoms with Crippen LogP contribution in [-0.2, 0) is 52.3 Å². The molecule has 0 aromatic rings. The number of fused-ring (bicyclic) bond motifs is 3. The van der Waals surface area contributed by atoms with Crippen molar-refractivity contribution >= 4 is 23.9 Å².